The van der Waals surface area contributed by atoms with E-state index in [-0.39, 0.29) is 6.10 Å². The highest BCUT2D eigenvalue weighted by molar-refractivity contribution is 5.49. The molecule has 1 saturated heterocycles. The van der Waals surface area contributed by atoms with Crippen LogP contribution in [0.4, 0.5) is 5.69 Å². The number of benzene rings is 1. The summed E-state index contributed by atoms with van der Waals surface area (Å²) in [6.07, 6.45) is 0.0834. The summed E-state index contributed by atoms with van der Waals surface area (Å²) in [6.45, 7) is 6.88. The van der Waals surface area contributed by atoms with Gasteiger partial charge in [0.05, 0.1) is 6.61 Å². The van der Waals surface area contributed by atoms with Gasteiger partial charge in [-0.15, -0.1) is 0 Å². The second-order valence-corrected chi connectivity index (χ2v) is 4.61. The van der Waals surface area contributed by atoms with Crippen LogP contribution >= 0.6 is 0 Å². The molecule has 1 fully saturated rings. The second-order valence-electron chi connectivity index (χ2n) is 4.61. The molecule has 0 radical (unpaired) electrons. The number of methoxy groups -OCH3 is 1. The number of hydrogen-bond donors (Lipinski definition) is 1. The Kier molecular flexibility index (Phi) is 4.84. The molecule has 0 spiro atoms. The number of piperazine rings is 1. The summed E-state index contributed by atoms with van der Waals surface area (Å²) < 4.78 is 10.8. The van der Waals surface area contributed by atoms with E-state index in [9.17, 15) is 0 Å². The number of ether oxygens (including phenoxy) is 2. The van der Waals surface area contributed by atoms with Gasteiger partial charge >= 0.3 is 0 Å². The smallest absolute Gasteiger partial charge is 0.119 e. The first-order valence-electron chi connectivity index (χ1n) is 6.51. The Morgan fingerprint density at radius 1 is 1.22 bits per heavy atom. The molecule has 1 heterocycles. The summed E-state index contributed by atoms with van der Waals surface area (Å²) in [7, 11) is 1.69. The highest BCUT2D eigenvalue weighted by atomic mass is 16.5. The van der Waals surface area contributed by atoms with E-state index in [1.807, 2.05) is 19.1 Å². The summed E-state index contributed by atoms with van der Waals surface area (Å²) in [5, 5.41) is 3.36. The molecule has 0 saturated carbocycles. The van der Waals surface area contributed by atoms with Gasteiger partial charge in [0.2, 0.25) is 0 Å². The largest absolute Gasteiger partial charge is 0.488 e. The van der Waals surface area contributed by atoms with Gasteiger partial charge in [-0.2, -0.15) is 0 Å². The molecule has 0 aliphatic carbocycles. The van der Waals surface area contributed by atoms with Crippen molar-refractivity contribution in [3.8, 4) is 5.75 Å². The SMILES string of the molecule is COCC(C)Oc1ccc(N2CCNCC2)cc1. The van der Waals surface area contributed by atoms with E-state index in [4.69, 9.17) is 9.47 Å². The Labute approximate surface area is 109 Å². The van der Waals surface area contributed by atoms with E-state index in [0.717, 1.165) is 31.9 Å². The van der Waals surface area contributed by atoms with Gasteiger partial charge < -0.3 is 19.7 Å². The first-order chi connectivity index (χ1) is 8.79. The molecule has 0 amide bonds. The zero-order valence-electron chi connectivity index (χ0n) is 11.2. The van der Waals surface area contributed by atoms with Crippen LogP contribution in [0.25, 0.3) is 0 Å². The molecule has 0 bridgehead atoms. The van der Waals surface area contributed by atoms with E-state index in [1.165, 1.54) is 5.69 Å². The first-order valence-corrected chi connectivity index (χ1v) is 6.51. The van der Waals surface area contributed by atoms with Crippen LogP contribution in [-0.4, -0.2) is 46.0 Å². The van der Waals surface area contributed by atoms with Crippen LogP contribution in [0.3, 0.4) is 0 Å². The fourth-order valence-corrected chi connectivity index (χ4v) is 2.16. The standard InChI is InChI=1S/C14H22N2O2/c1-12(11-17-2)18-14-5-3-13(4-6-14)16-9-7-15-8-10-16/h3-6,12,15H,7-11H2,1-2H3. The van der Waals surface area contributed by atoms with E-state index >= 15 is 0 Å². The molecule has 0 aromatic heterocycles. The van der Waals surface area contributed by atoms with Gasteiger partial charge in [-0.05, 0) is 31.2 Å². The summed E-state index contributed by atoms with van der Waals surface area (Å²) in [4.78, 5) is 2.39. The average Bonchev–Trinajstić information content (AvgIpc) is 2.41. The lowest BCUT2D eigenvalue weighted by molar-refractivity contribution is 0.0921. The third-order valence-electron chi connectivity index (χ3n) is 3.06. The van der Waals surface area contributed by atoms with Crippen LogP contribution in [0.1, 0.15) is 6.92 Å². The summed E-state index contributed by atoms with van der Waals surface area (Å²) in [6, 6.07) is 8.31. The van der Waals surface area contributed by atoms with Gasteiger partial charge in [0.15, 0.2) is 0 Å². The molecule has 2 rings (SSSR count). The summed E-state index contributed by atoms with van der Waals surface area (Å²) in [5.41, 5.74) is 1.27. The van der Waals surface area contributed by atoms with Gasteiger partial charge in [-0.3, -0.25) is 0 Å². The van der Waals surface area contributed by atoms with Crippen molar-refractivity contribution in [3.63, 3.8) is 0 Å². The van der Waals surface area contributed by atoms with E-state index in [2.05, 4.69) is 22.3 Å². The Bertz CT molecular complexity index is 347. The van der Waals surface area contributed by atoms with Crippen molar-refractivity contribution >= 4 is 5.69 Å². The van der Waals surface area contributed by atoms with Crippen LogP contribution in [-0.2, 0) is 4.74 Å². The zero-order chi connectivity index (χ0) is 12.8. The predicted molar refractivity (Wildman–Crippen MR) is 73.5 cm³/mol. The quantitative estimate of drug-likeness (QED) is 0.859. The molecule has 100 valence electrons. The van der Waals surface area contributed by atoms with E-state index in [0.29, 0.717) is 6.61 Å². The van der Waals surface area contributed by atoms with Crippen LogP contribution in [0.15, 0.2) is 24.3 Å². The molecule has 18 heavy (non-hydrogen) atoms. The van der Waals surface area contributed by atoms with Crippen molar-refractivity contribution in [1.29, 1.82) is 0 Å². The first kappa shape index (κ1) is 13.2. The Hall–Kier alpha value is -1.26. The van der Waals surface area contributed by atoms with Crippen LogP contribution in [0.2, 0.25) is 0 Å². The lowest BCUT2D eigenvalue weighted by Crippen LogP contribution is -2.43. The fraction of sp³-hybridized carbons (Fsp3) is 0.571. The number of hydrogen-bond acceptors (Lipinski definition) is 4. The zero-order valence-corrected chi connectivity index (χ0v) is 11.2. The minimum atomic E-state index is 0.0834. The normalized spacial score (nSPS) is 17.6. The van der Waals surface area contributed by atoms with Crippen molar-refractivity contribution in [2.75, 3.05) is 44.8 Å². The third kappa shape index (κ3) is 3.62. The van der Waals surface area contributed by atoms with Crippen molar-refractivity contribution in [2.24, 2.45) is 0 Å². The van der Waals surface area contributed by atoms with Gasteiger partial charge in [0.25, 0.3) is 0 Å². The minimum absolute atomic E-state index is 0.0834. The second kappa shape index (κ2) is 6.61. The number of rotatable bonds is 5. The molecule has 1 unspecified atom stereocenters. The van der Waals surface area contributed by atoms with Crippen LogP contribution < -0.4 is 15.0 Å². The topological polar surface area (TPSA) is 33.7 Å². The number of nitrogens with one attached hydrogen (secondary N) is 1. The van der Waals surface area contributed by atoms with Crippen molar-refractivity contribution in [2.45, 2.75) is 13.0 Å². The maximum absolute atomic E-state index is 5.74. The Balaban J connectivity index is 1.92. The Morgan fingerprint density at radius 3 is 2.50 bits per heavy atom. The van der Waals surface area contributed by atoms with Crippen molar-refractivity contribution in [1.82, 2.24) is 5.32 Å². The van der Waals surface area contributed by atoms with Gasteiger partial charge in [-0.25, -0.2) is 0 Å². The predicted octanol–water partition coefficient (Wildman–Crippen LogP) is 1.51. The molecular weight excluding hydrogens is 228 g/mol. The van der Waals surface area contributed by atoms with Crippen molar-refractivity contribution < 1.29 is 9.47 Å². The molecule has 4 nitrogen and oxygen atoms in total. The van der Waals surface area contributed by atoms with Gasteiger partial charge in [-0.1, -0.05) is 0 Å². The molecule has 1 aromatic carbocycles. The van der Waals surface area contributed by atoms with Crippen LogP contribution in [0.5, 0.6) is 5.75 Å². The minimum Gasteiger partial charge on any atom is -0.488 e. The molecule has 1 aliphatic heterocycles. The molecule has 1 aliphatic rings. The maximum atomic E-state index is 5.74. The fourth-order valence-electron chi connectivity index (χ4n) is 2.16. The number of nitrogens with zero attached hydrogens (tertiary/aromatic N) is 1. The third-order valence-corrected chi connectivity index (χ3v) is 3.06. The maximum Gasteiger partial charge on any atom is 0.119 e. The monoisotopic (exact) mass is 250 g/mol. The highest BCUT2D eigenvalue weighted by Gasteiger charge is 2.10. The van der Waals surface area contributed by atoms with E-state index in [1.54, 1.807) is 7.11 Å². The molecule has 4 heteroatoms. The number of anilines is 1. The van der Waals surface area contributed by atoms with Gasteiger partial charge in [0.1, 0.15) is 11.9 Å². The molecule has 1 atom stereocenters. The Morgan fingerprint density at radius 2 is 1.89 bits per heavy atom. The lowest BCUT2D eigenvalue weighted by atomic mass is 10.2. The molecule has 1 aromatic rings. The highest BCUT2D eigenvalue weighted by Crippen LogP contribution is 2.20. The van der Waals surface area contributed by atoms with Gasteiger partial charge in [0, 0.05) is 39.0 Å². The summed E-state index contributed by atoms with van der Waals surface area (Å²) in [5.74, 6) is 0.901. The molecule has 1 N–H and O–H groups in total. The average molecular weight is 250 g/mol. The summed E-state index contributed by atoms with van der Waals surface area (Å²) >= 11 is 0. The van der Waals surface area contributed by atoms with Crippen LogP contribution in [0, 0.1) is 0 Å². The van der Waals surface area contributed by atoms with E-state index < -0.39 is 0 Å². The lowest BCUT2D eigenvalue weighted by Gasteiger charge is -2.29. The molecular formula is C14H22N2O2. The van der Waals surface area contributed by atoms with Crippen molar-refractivity contribution in [3.05, 3.63) is 24.3 Å².